The number of thiazole rings is 2. The van der Waals surface area contributed by atoms with Crippen LogP contribution in [0, 0.1) is 27.7 Å². The largest absolute Gasteiger partial charge is 0.381 e. The Balaban J connectivity index is 0.000000195. The summed E-state index contributed by atoms with van der Waals surface area (Å²) in [5.74, 6) is 3.05. The van der Waals surface area contributed by atoms with Crippen LogP contribution >= 0.6 is 50.2 Å². The van der Waals surface area contributed by atoms with Crippen LogP contribution in [0.5, 0.6) is 0 Å². The standard InChI is InChI=1S/C27H29N5O2S.C14H11ClN2S.C13H18BrN3O2.4CH4/c1-15-5-6-19-11-21(23-13-28-17(3)35-23)29-12-20(19)24(15)25-22-14-31(4)27(33)16(2)32(22)26(30-25)18-7-9-34-10-8-18;1-8-3-4-10-5-12(13-7-16-9(2)18-13)17-6-11(10)14(8)15;1-8-13(18)16(2)7-10-11(14)15-12(17(8)10)9-3-5-19-6-4-9;;;;/h5-6,11-13,16,18H,7-10,14H2,1-4H3;3-7H,1-2H3;8-9H,3-7H2,1-2H3;4*1H4. The monoisotopic (exact) mass is 1150 g/mol. The van der Waals surface area contributed by atoms with Crippen molar-refractivity contribution in [2.75, 3.05) is 40.5 Å². The van der Waals surface area contributed by atoms with E-state index in [1.54, 1.807) is 27.6 Å². The van der Waals surface area contributed by atoms with Gasteiger partial charge in [-0.05, 0) is 117 Å². The third-order valence-electron chi connectivity index (χ3n) is 14.3. The fraction of sp³-hybridized carbons (Fsp3) is 0.448. The summed E-state index contributed by atoms with van der Waals surface area (Å²) in [6.45, 7) is 16.3. The van der Waals surface area contributed by atoms with Crippen molar-refractivity contribution in [3.8, 4) is 32.4 Å². The molecule has 2 fully saturated rings. The Hall–Kier alpha value is -5.43. The Morgan fingerprint density at radius 3 is 1.55 bits per heavy atom. The first-order chi connectivity index (χ1) is 34.7. The van der Waals surface area contributed by atoms with Crippen molar-refractivity contribution in [2.24, 2.45) is 0 Å². The lowest BCUT2D eigenvalue weighted by atomic mass is 9.96. The zero-order valence-corrected chi connectivity index (χ0v) is 45.8. The second-order valence-corrected chi connectivity index (χ2v) is 22.8. The van der Waals surface area contributed by atoms with Crippen LogP contribution in [0.4, 0.5) is 0 Å². The summed E-state index contributed by atoms with van der Waals surface area (Å²) < 4.78 is 16.3. The lowest BCUT2D eigenvalue weighted by Gasteiger charge is -2.33. The van der Waals surface area contributed by atoms with Gasteiger partial charge in [-0.15, -0.1) is 22.7 Å². The van der Waals surface area contributed by atoms with Gasteiger partial charge in [-0.25, -0.2) is 19.9 Å². The minimum atomic E-state index is -0.266. The van der Waals surface area contributed by atoms with Crippen LogP contribution in [0.15, 0.2) is 65.8 Å². The summed E-state index contributed by atoms with van der Waals surface area (Å²) in [4.78, 5) is 58.8. The van der Waals surface area contributed by atoms with E-state index < -0.39 is 0 Å². The van der Waals surface area contributed by atoms with Gasteiger partial charge in [0.1, 0.15) is 28.3 Å². The fourth-order valence-corrected chi connectivity index (χ4v) is 12.6. The number of pyridine rings is 2. The van der Waals surface area contributed by atoms with Crippen molar-refractivity contribution in [3.63, 3.8) is 0 Å². The summed E-state index contributed by atoms with van der Waals surface area (Å²) in [6, 6.07) is 12.2. The molecule has 0 aliphatic carbocycles. The van der Waals surface area contributed by atoms with E-state index in [0.29, 0.717) is 24.9 Å². The lowest BCUT2D eigenvalue weighted by molar-refractivity contribution is -0.136. The first-order valence-electron chi connectivity index (χ1n) is 24.5. The van der Waals surface area contributed by atoms with Gasteiger partial charge in [0.15, 0.2) is 0 Å². The van der Waals surface area contributed by atoms with Gasteiger partial charge in [0.2, 0.25) is 11.8 Å². The molecule has 0 N–H and O–H groups in total. The molecule has 406 valence electrons. The highest BCUT2D eigenvalue weighted by molar-refractivity contribution is 9.10. The highest BCUT2D eigenvalue weighted by atomic mass is 79.9. The number of fused-ring (bicyclic) bond motifs is 4. The summed E-state index contributed by atoms with van der Waals surface area (Å²) in [7, 11) is 3.73. The van der Waals surface area contributed by atoms with Gasteiger partial charge in [-0.2, -0.15) is 0 Å². The third-order valence-corrected chi connectivity index (χ3v) is 17.3. The molecule has 10 heterocycles. The van der Waals surface area contributed by atoms with Gasteiger partial charge < -0.3 is 28.4 Å². The van der Waals surface area contributed by atoms with Crippen LogP contribution in [0.3, 0.4) is 0 Å². The smallest absolute Gasteiger partial charge is 0.245 e. The maximum atomic E-state index is 13.0. The predicted octanol–water partition coefficient (Wildman–Crippen LogP) is 14.5. The number of ether oxygens (including phenoxy) is 2. The molecule has 8 aromatic rings. The highest BCUT2D eigenvalue weighted by Gasteiger charge is 2.37. The van der Waals surface area contributed by atoms with Crippen molar-refractivity contribution in [1.82, 2.24) is 48.8 Å². The van der Waals surface area contributed by atoms with Crippen LogP contribution in [-0.2, 0) is 32.2 Å². The summed E-state index contributed by atoms with van der Waals surface area (Å²) >= 11 is 13.1. The van der Waals surface area contributed by atoms with E-state index in [-0.39, 0.29) is 53.6 Å². The van der Waals surface area contributed by atoms with Crippen molar-refractivity contribution in [2.45, 2.75) is 134 Å². The first kappa shape index (κ1) is 59.8. The summed E-state index contributed by atoms with van der Waals surface area (Å²) in [6.07, 6.45) is 11.4. The third kappa shape index (κ3) is 11.6. The van der Waals surface area contributed by atoms with E-state index in [2.05, 4.69) is 82.3 Å². The van der Waals surface area contributed by atoms with Crippen molar-refractivity contribution in [3.05, 3.63) is 115 Å². The van der Waals surface area contributed by atoms with Gasteiger partial charge in [0.05, 0.1) is 66.4 Å². The highest BCUT2D eigenvalue weighted by Crippen LogP contribution is 2.42. The number of carbonyl (C=O) groups is 2. The average molecular weight is 1150 g/mol. The van der Waals surface area contributed by atoms with Crippen LogP contribution in [0.25, 0.3) is 53.9 Å². The van der Waals surface area contributed by atoms with E-state index in [4.69, 9.17) is 31.0 Å². The van der Waals surface area contributed by atoms with E-state index in [0.717, 1.165) is 160 Å². The molecule has 2 atom stereocenters. The summed E-state index contributed by atoms with van der Waals surface area (Å²) in [5, 5.41) is 7.19. The minimum absolute atomic E-state index is 0. The zero-order chi connectivity index (χ0) is 50.5. The number of carbonyl (C=O) groups excluding carboxylic acids is 2. The van der Waals surface area contributed by atoms with Crippen molar-refractivity contribution >= 4 is 83.6 Å². The van der Waals surface area contributed by atoms with Crippen molar-refractivity contribution in [1.29, 1.82) is 0 Å². The molecule has 2 unspecified atom stereocenters. The molecule has 76 heavy (non-hydrogen) atoms. The molecular formula is C58H74BrClN10O4S2. The number of nitrogens with zero attached hydrogens (tertiary/aromatic N) is 10. The number of amides is 2. The molecule has 6 aromatic heterocycles. The molecule has 0 radical (unpaired) electrons. The molecule has 4 aliphatic rings. The number of imidazole rings is 2. The maximum Gasteiger partial charge on any atom is 0.245 e. The van der Waals surface area contributed by atoms with E-state index in [1.165, 1.54) is 0 Å². The molecule has 4 aliphatic heterocycles. The van der Waals surface area contributed by atoms with Crippen LogP contribution in [0.2, 0.25) is 5.02 Å². The Bertz CT molecular complexity index is 3360. The minimum Gasteiger partial charge on any atom is -0.381 e. The van der Waals surface area contributed by atoms with Gasteiger partial charge >= 0.3 is 0 Å². The number of hydrogen-bond donors (Lipinski definition) is 0. The van der Waals surface area contributed by atoms with E-state index in [1.807, 2.05) is 84.5 Å². The Morgan fingerprint density at radius 2 is 1.05 bits per heavy atom. The first-order valence-corrected chi connectivity index (χ1v) is 27.3. The average Bonchev–Trinajstić information content (AvgIpc) is 4.20. The van der Waals surface area contributed by atoms with E-state index in [9.17, 15) is 9.59 Å². The number of aromatic nitrogens is 8. The molecule has 2 saturated heterocycles. The quantitative estimate of drug-likeness (QED) is 0.163. The van der Waals surface area contributed by atoms with Gasteiger partial charge in [0, 0.05) is 93.5 Å². The fourth-order valence-electron chi connectivity index (χ4n) is 10.4. The molecule has 2 amide bonds. The van der Waals surface area contributed by atoms with Gasteiger partial charge in [-0.3, -0.25) is 19.6 Å². The lowest BCUT2D eigenvalue weighted by Crippen LogP contribution is -2.40. The second kappa shape index (κ2) is 24.9. The number of aryl methyl sites for hydroxylation is 4. The molecule has 2 aromatic carbocycles. The summed E-state index contributed by atoms with van der Waals surface area (Å²) in [5.41, 5.74) is 8.43. The van der Waals surface area contributed by atoms with Crippen molar-refractivity contribution < 1.29 is 19.1 Å². The Labute approximate surface area is 470 Å². The number of halogens is 2. The van der Waals surface area contributed by atoms with Crippen LogP contribution in [-0.4, -0.2) is 101 Å². The van der Waals surface area contributed by atoms with Gasteiger partial charge in [-0.1, -0.05) is 65.6 Å². The number of benzene rings is 2. The van der Waals surface area contributed by atoms with Crippen LogP contribution < -0.4 is 0 Å². The Kier molecular flexibility index (Phi) is 19.6. The molecule has 0 spiro atoms. The molecule has 14 nitrogen and oxygen atoms in total. The van der Waals surface area contributed by atoms with E-state index >= 15 is 0 Å². The topological polar surface area (TPSA) is 146 Å². The number of hydrogen-bond acceptors (Lipinski definition) is 12. The normalized spacial score (nSPS) is 17.5. The maximum absolute atomic E-state index is 13.0. The SMILES string of the molecule is C.C.C.C.CC1C(=O)N(C)Cc2c(Br)nc(C3CCOCC3)n21.Cc1ncc(-c2cc3ccc(C)c(-c4nc(C5CCOCC5)n5c4CN(C)C(=O)C5C)c3cn2)s1.Cc1ncc(-c2cc3ccc(C)c(Cl)c3cn2)s1. The molecule has 0 bridgehead atoms. The number of rotatable bonds is 5. The number of likely N-dealkylation sites (N-methyl/N-ethyl adjacent to an activating group) is 2. The molecular weight excluding hydrogens is 1080 g/mol. The Morgan fingerprint density at radius 1 is 0.605 bits per heavy atom. The van der Waals surface area contributed by atoms with Gasteiger partial charge in [0.25, 0.3) is 0 Å². The van der Waals surface area contributed by atoms with Crippen LogP contribution in [0.1, 0.15) is 137 Å². The zero-order valence-electron chi connectivity index (χ0n) is 41.8. The second-order valence-electron chi connectivity index (χ2n) is 19.2. The molecule has 12 rings (SSSR count). The molecule has 18 heteroatoms. The molecule has 0 saturated carbocycles. The predicted molar refractivity (Wildman–Crippen MR) is 316 cm³/mol.